The number of ether oxygens (including phenoxy) is 1. The average molecular weight is 593 g/mol. The molecule has 0 saturated heterocycles. The highest BCUT2D eigenvalue weighted by Crippen LogP contribution is 2.44. The van der Waals surface area contributed by atoms with Gasteiger partial charge in [-0.1, -0.05) is 133 Å². The fourth-order valence-electron chi connectivity index (χ4n) is 5.97. The quantitative estimate of drug-likeness (QED) is 0.119. The third-order valence-corrected chi connectivity index (χ3v) is 8.43. The third kappa shape index (κ3) is 12.0. The summed E-state index contributed by atoms with van der Waals surface area (Å²) in [6, 6.07) is 15.0. The van der Waals surface area contributed by atoms with Crippen molar-refractivity contribution in [2.75, 3.05) is 13.2 Å². The van der Waals surface area contributed by atoms with E-state index in [1.807, 2.05) is 36.4 Å². The molecule has 0 aliphatic heterocycles. The lowest BCUT2D eigenvalue weighted by atomic mass is 9.98. The Balaban J connectivity index is 1.23. The summed E-state index contributed by atoms with van der Waals surface area (Å²) in [6.07, 6.45) is 16.9. The smallest absolute Gasteiger partial charge is 0.407 e. The molecule has 0 radical (unpaired) electrons. The molecule has 7 heteroatoms. The van der Waals surface area contributed by atoms with Gasteiger partial charge in [-0.2, -0.15) is 0 Å². The lowest BCUT2D eigenvalue weighted by Gasteiger charge is -2.17. The number of unbranched alkanes of at least 4 members (excludes halogenated alkanes) is 12. The molecule has 236 valence electrons. The maximum absolute atomic E-state index is 12.5. The van der Waals surface area contributed by atoms with Crippen molar-refractivity contribution in [1.82, 2.24) is 10.6 Å². The second kappa shape index (κ2) is 19.8. The van der Waals surface area contributed by atoms with Crippen LogP contribution in [0, 0.1) is 0 Å². The van der Waals surface area contributed by atoms with Crippen LogP contribution in [0.1, 0.15) is 127 Å². The number of alkyl carbamates (subject to hydrolysis) is 1. The van der Waals surface area contributed by atoms with Crippen LogP contribution in [0.5, 0.6) is 0 Å². The Kier molecular flexibility index (Phi) is 15.7. The summed E-state index contributed by atoms with van der Waals surface area (Å²) < 4.78 is 5.49. The topological polar surface area (TPSA) is 105 Å². The number of hydrogen-bond acceptors (Lipinski definition) is 4. The first kappa shape index (κ1) is 34.1. The van der Waals surface area contributed by atoms with Gasteiger partial charge in [-0.15, -0.1) is 0 Å². The van der Waals surface area contributed by atoms with Gasteiger partial charge in [-0.05, 0) is 41.5 Å². The molecule has 1 aliphatic carbocycles. The zero-order chi connectivity index (χ0) is 30.7. The average Bonchev–Trinajstić information content (AvgIpc) is 3.33. The number of carboxylic acid groups (broad SMARTS) is 1. The molecule has 1 atom stereocenters. The van der Waals surface area contributed by atoms with Crippen LogP contribution < -0.4 is 10.6 Å². The van der Waals surface area contributed by atoms with E-state index in [0.29, 0.717) is 19.4 Å². The molecule has 2 aromatic carbocycles. The van der Waals surface area contributed by atoms with Crippen molar-refractivity contribution in [3.8, 4) is 11.1 Å². The van der Waals surface area contributed by atoms with Crippen LogP contribution in [0.15, 0.2) is 48.5 Å². The predicted octanol–water partition coefficient (Wildman–Crippen LogP) is 8.36. The second-order valence-corrected chi connectivity index (χ2v) is 11.8. The maximum atomic E-state index is 12.5. The van der Waals surface area contributed by atoms with Gasteiger partial charge < -0.3 is 20.5 Å². The van der Waals surface area contributed by atoms with Crippen LogP contribution in [0.4, 0.5) is 4.79 Å². The van der Waals surface area contributed by atoms with Crippen molar-refractivity contribution in [1.29, 1.82) is 0 Å². The summed E-state index contributed by atoms with van der Waals surface area (Å²) in [4.78, 5) is 36.4. The van der Waals surface area contributed by atoms with Gasteiger partial charge in [0.1, 0.15) is 12.6 Å². The van der Waals surface area contributed by atoms with Gasteiger partial charge in [0.25, 0.3) is 0 Å². The number of benzene rings is 2. The molecule has 1 unspecified atom stereocenters. The zero-order valence-corrected chi connectivity index (χ0v) is 26.1. The Morgan fingerprint density at radius 1 is 0.744 bits per heavy atom. The number of hydrogen-bond donors (Lipinski definition) is 3. The summed E-state index contributed by atoms with van der Waals surface area (Å²) in [6.45, 7) is 2.76. The number of amides is 2. The van der Waals surface area contributed by atoms with Gasteiger partial charge in [0, 0.05) is 18.9 Å². The van der Waals surface area contributed by atoms with E-state index < -0.39 is 18.1 Å². The van der Waals surface area contributed by atoms with Crippen molar-refractivity contribution in [2.45, 2.75) is 122 Å². The van der Waals surface area contributed by atoms with Crippen molar-refractivity contribution in [3.63, 3.8) is 0 Å². The van der Waals surface area contributed by atoms with E-state index in [1.165, 1.54) is 70.6 Å². The van der Waals surface area contributed by atoms with Crippen LogP contribution in [-0.2, 0) is 14.3 Å². The minimum Gasteiger partial charge on any atom is -0.480 e. The lowest BCUT2D eigenvalue weighted by molar-refractivity contribution is -0.139. The molecule has 43 heavy (non-hydrogen) atoms. The van der Waals surface area contributed by atoms with Crippen LogP contribution in [0.25, 0.3) is 11.1 Å². The fraction of sp³-hybridized carbons (Fsp3) is 0.583. The van der Waals surface area contributed by atoms with Crippen LogP contribution >= 0.6 is 0 Å². The molecular formula is C36H52N2O5. The Bertz CT molecular complexity index is 1090. The Hall–Kier alpha value is -3.35. The van der Waals surface area contributed by atoms with E-state index in [-0.39, 0.29) is 24.9 Å². The molecular weight excluding hydrogens is 540 g/mol. The number of carboxylic acids is 1. The first-order valence-electron chi connectivity index (χ1n) is 16.6. The first-order valence-corrected chi connectivity index (χ1v) is 16.6. The van der Waals surface area contributed by atoms with Crippen molar-refractivity contribution < 1.29 is 24.2 Å². The summed E-state index contributed by atoms with van der Waals surface area (Å²) in [5.74, 6) is -1.21. The molecule has 7 nitrogen and oxygen atoms in total. The van der Waals surface area contributed by atoms with E-state index in [1.54, 1.807) is 0 Å². The SMILES string of the molecule is CCCCCCCCCCCCCCCC(=O)NCCCC(NC(=O)OCC1c2ccccc2-c2ccccc21)C(=O)O. The summed E-state index contributed by atoms with van der Waals surface area (Å²) in [5, 5.41) is 15.0. The summed E-state index contributed by atoms with van der Waals surface area (Å²) in [5.41, 5.74) is 4.46. The highest BCUT2D eigenvalue weighted by Gasteiger charge is 2.29. The Labute approximate surface area is 258 Å². The number of fused-ring (bicyclic) bond motifs is 3. The molecule has 3 rings (SSSR count). The van der Waals surface area contributed by atoms with Crippen LogP contribution in [0.2, 0.25) is 0 Å². The molecule has 0 heterocycles. The molecule has 0 saturated carbocycles. The van der Waals surface area contributed by atoms with Gasteiger partial charge in [0.15, 0.2) is 0 Å². The minimum absolute atomic E-state index is 0.000516. The summed E-state index contributed by atoms with van der Waals surface area (Å²) in [7, 11) is 0. The van der Waals surface area contributed by atoms with Crippen LogP contribution in [-0.4, -0.2) is 42.3 Å². The molecule has 2 aromatic rings. The van der Waals surface area contributed by atoms with Gasteiger partial charge in [0.05, 0.1) is 0 Å². The van der Waals surface area contributed by atoms with Crippen LogP contribution in [0.3, 0.4) is 0 Å². The molecule has 0 spiro atoms. The number of carbonyl (C=O) groups excluding carboxylic acids is 2. The van der Waals surface area contributed by atoms with E-state index in [9.17, 15) is 19.5 Å². The lowest BCUT2D eigenvalue weighted by Crippen LogP contribution is -2.42. The minimum atomic E-state index is -1.12. The largest absolute Gasteiger partial charge is 0.480 e. The zero-order valence-electron chi connectivity index (χ0n) is 26.1. The van der Waals surface area contributed by atoms with Crippen molar-refractivity contribution in [2.24, 2.45) is 0 Å². The highest BCUT2D eigenvalue weighted by molar-refractivity contribution is 5.81. The molecule has 0 fully saturated rings. The fourth-order valence-corrected chi connectivity index (χ4v) is 5.97. The first-order chi connectivity index (χ1) is 21.0. The number of carbonyl (C=O) groups is 3. The van der Waals surface area contributed by atoms with Crippen molar-refractivity contribution in [3.05, 3.63) is 59.7 Å². The van der Waals surface area contributed by atoms with Gasteiger partial charge >= 0.3 is 12.1 Å². The van der Waals surface area contributed by atoms with Gasteiger partial charge in [-0.25, -0.2) is 9.59 Å². The molecule has 1 aliphatic rings. The van der Waals surface area contributed by atoms with E-state index in [4.69, 9.17) is 4.74 Å². The molecule has 2 amide bonds. The van der Waals surface area contributed by atoms with E-state index in [0.717, 1.165) is 35.1 Å². The number of rotatable bonds is 22. The van der Waals surface area contributed by atoms with E-state index in [2.05, 4.69) is 29.7 Å². The maximum Gasteiger partial charge on any atom is 0.407 e. The van der Waals surface area contributed by atoms with Crippen molar-refractivity contribution >= 4 is 18.0 Å². The number of nitrogens with one attached hydrogen (secondary N) is 2. The van der Waals surface area contributed by atoms with Gasteiger partial charge in [-0.3, -0.25) is 4.79 Å². The highest BCUT2D eigenvalue weighted by atomic mass is 16.5. The number of aliphatic carboxylic acids is 1. The molecule has 0 aromatic heterocycles. The Morgan fingerprint density at radius 3 is 1.79 bits per heavy atom. The summed E-state index contributed by atoms with van der Waals surface area (Å²) >= 11 is 0. The van der Waals surface area contributed by atoms with Gasteiger partial charge in [0.2, 0.25) is 5.91 Å². The second-order valence-electron chi connectivity index (χ2n) is 11.8. The predicted molar refractivity (Wildman–Crippen MR) is 172 cm³/mol. The normalized spacial score (nSPS) is 12.8. The monoisotopic (exact) mass is 592 g/mol. The van der Waals surface area contributed by atoms with E-state index >= 15 is 0 Å². The molecule has 3 N–H and O–H groups in total. The standard InChI is InChI=1S/C36H52N2O5/c1-2-3-4-5-6-7-8-9-10-11-12-13-14-25-34(39)37-26-19-24-33(35(40)41)38-36(42)43-27-32-30-22-17-15-20-28(30)29-21-16-18-23-31(29)32/h15-18,20-23,32-33H,2-14,19,24-27H2,1H3,(H,37,39)(H,38,42)(H,40,41). The molecule has 0 bridgehead atoms. The third-order valence-electron chi connectivity index (χ3n) is 8.43. The Morgan fingerprint density at radius 2 is 1.26 bits per heavy atom.